The number of hydrogen-bond acceptors (Lipinski definition) is 3. The molecule has 0 saturated carbocycles. The van der Waals surface area contributed by atoms with Crippen LogP contribution in [0.5, 0.6) is 0 Å². The molecule has 4 heteroatoms. The van der Waals surface area contributed by atoms with Gasteiger partial charge in [0, 0.05) is 28.7 Å². The summed E-state index contributed by atoms with van der Waals surface area (Å²) in [6, 6.07) is 8.89. The van der Waals surface area contributed by atoms with Crippen LogP contribution in [0.2, 0.25) is 0 Å². The lowest BCUT2D eigenvalue weighted by Gasteiger charge is -2.07. The van der Waals surface area contributed by atoms with E-state index in [1.807, 2.05) is 26.0 Å². The number of carbonyl (C=O) groups excluding carboxylic acids is 1. The number of hydrogen-bond donors (Lipinski definition) is 2. The van der Waals surface area contributed by atoms with Crippen molar-refractivity contribution >= 4 is 11.6 Å². The van der Waals surface area contributed by atoms with Crippen LogP contribution in [0.4, 0.5) is 5.69 Å². The summed E-state index contributed by atoms with van der Waals surface area (Å²) in [7, 11) is 0. The molecule has 1 amide bonds. The first-order valence-electron chi connectivity index (χ1n) is 6.54. The van der Waals surface area contributed by atoms with Crippen molar-refractivity contribution in [2.45, 2.75) is 13.8 Å². The van der Waals surface area contributed by atoms with E-state index >= 15 is 0 Å². The van der Waals surface area contributed by atoms with E-state index in [1.165, 1.54) is 0 Å². The average Bonchev–Trinajstić information content (AvgIpc) is 2.46. The summed E-state index contributed by atoms with van der Waals surface area (Å²) in [5.74, 6) is 5.30. The molecule has 2 N–H and O–H groups in total. The highest BCUT2D eigenvalue weighted by Crippen LogP contribution is 2.15. The molecule has 0 bridgehead atoms. The maximum Gasteiger partial charge on any atom is 0.255 e. The zero-order valence-corrected chi connectivity index (χ0v) is 12.0. The number of nitrogens with zero attached hydrogens (tertiary/aromatic N) is 1. The summed E-state index contributed by atoms with van der Waals surface area (Å²) in [5.41, 5.74) is 3.86. The number of aryl methyl sites for hydroxylation is 2. The Bertz CT molecular complexity index is 727. The highest BCUT2D eigenvalue weighted by Gasteiger charge is 2.07. The van der Waals surface area contributed by atoms with E-state index in [1.54, 1.807) is 24.4 Å². The third-order valence-electron chi connectivity index (χ3n) is 2.95. The number of benzene rings is 1. The number of amides is 1. The third-order valence-corrected chi connectivity index (χ3v) is 2.95. The van der Waals surface area contributed by atoms with Gasteiger partial charge < -0.3 is 10.4 Å². The number of pyridine rings is 1. The van der Waals surface area contributed by atoms with Gasteiger partial charge in [-0.25, -0.2) is 0 Å². The molecule has 0 atom stereocenters. The number of carbonyl (C=O) groups is 1. The first kappa shape index (κ1) is 14.8. The van der Waals surface area contributed by atoms with Gasteiger partial charge in [-0.15, -0.1) is 0 Å². The van der Waals surface area contributed by atoms with Crippen molar-refractivity contribution in [1.29, 1.82) is 0 Å². The molecule has 0 aliphatic rings. The third kappa shape index (κ3) is 3.91. The molecule has 2 rings (SSSR count). The molecular weight excluding hydrogens is 264 g/mol. The molecule has 21 heavy (non-hydrogen) atoms. The Hall–Kier alpha value is -2.64. The summed E-state index contributed by atoms with van der Waals surface area (Å²) < 4.78 is 0. The molecule has 0 aliphatic heterocycles. The van der Waals surface area contributed by atoms with Gasteiger partial charge in [-0.3, -0.25) is 9.78 Å². The minimum atomic E-state index is -0.172. The SMILES string of the molecule is Cc1cc(C(=O)Nc2ccc(C#CCO)c(C)c2)ccn1. The molecule has 4 nitrogen and oxygen atoms in total. The van der Waals surface area contributed by atoms with E-state index in [9.17, 15) is 4.79 Å². The van der Waals surface area contributed by atoms with Gasteiger partial charge in [0.25, 0.3) is 5.91 Å². The highest BCUT2D eigenvalue weighted by atomic mass is 16.2. The first-order valence-corrected chi connectivity index (χ1v) is 6.54. The Morgan fingerprint density at radius 3 is 2.76 bits per heavy atom. The number of aliphatic hydroxyl groups excluding tert-OH is 1. The summed E-state index contributed by atoms with van der Waals surface area (Å²) in [4.78, 5) is 16.2. The maximum absolute atomic E-state index is 12.1. The fourth-order valence-corrected chi connectivity index (χ4v) is 1.91. The van der Waals surface area contributed by atoms with Crippen LogP contribution in [0.15, 0.2) is 36.5 Å². The molecule has 1 heterocycles. The van der Waals surface area contributed by atoms with E-state index < -0.39 is 0 Å². The van der Waals surface area contributed by atoms with Crippen LogP contribution in [0.1, 0.15) is 27.2 Å². The lowest BCUT2D eigenvalue weighted by Crippen LogP contribution is -2.12. The van der Waals surface area contributed by atoms with Gasteiger partial charge >= 0.3 is 0 Å². The summed E-state index contributed by atoms with van der Waals surface area (Å²) in [6.07, 6.45) is 1.61. The fourth-order valence-electron chi connectivity index (χ4n) is 1.91. The smallest absolute Gasteiger partial charge is 0.255 e. The Labute approximate surface area is 123 Å². The van der Waals surface area contributed by atoms with Crippen LogP contribution >= 0.6 is 0 Å². The standard InChI is InChI=1S/C17H16N2O2/c1-12-10-16(6-5-14(12)4-3-9-20)19-17(21)15-7-8-18-13(2)11-15/h5-8,10-11,20H,9H2,1-2H3,(H,19,21). The van der Waals surface area contributed by atoms with Gasteiger partial charge in [-0.1, -0.05) is 11.8 Å². The van der Waals surface area contributed by atoms with Crippen LogP contribution in [0, 0.1) is 25.7 Å². The van der Waals surface area contributed by atoms with E-state index in [-0.39, 0.29) is 12.5 Å². The topological polar surface area (TPSA) is 62.2 Å². The molecule has 1 aromatic carbocycles. The predicted octanol–water partition coefficient (Wildman–Crippen LogP) is 2.29. The van der Waals surface area contributed by atoms with Crippen molar-refractivity contribution in [2.24, 2.45) is 0 Å². The number of aliphatic hydroxyl groups is 1. The van der Waals surface area contributed by atoms with Gasteiger partial charge in [0.05, 0.1) is 0 Å². The first-order chi connectivity index (χ1) is 10.1. The lowest BCUT2D eigenvalue weighted by molar-refractivity contribution is 0.102. The molecule has 0 saturated heterocycles. The van der Waals surface area contributed by atoms with Gasteiger partial charge in [0.1, 0.15) is 6.61 Å². The number of nitrogens with one attached hydrogen (secondary N) is 1. The van der Waals surface area contributed by atoms with Crippen LogP contribution in [0.25, 0.3) is 0 Å². The molecular formula is C17H16N2O2. The normalized spacial score (nSPS) is 9.67. The molecule has 106 valence electrons. The van der Waals surface area contributed by atoms with Gasteiger partial charge in [0.2, 0.25) is 0 Å². The van der Waals surface area contributed by atoms with Crippen LogP contribution < -0.4 is 5.32 Å². The van der Waals surface area contributed by atoms with Gasteiger partial charge in [-0.05, 0) is 49.7 Å². The van der Waals surface area contributed by atoms with E-state index in [0.717, 1.165) is 16.8 Å². The quantitative estimate of drug-likeness (QED) is 0.830. The van der Waals surface area contributed by atoms with Crippen molar-refractivity contribution < 1.29 is 9.90 Å². The second-order valence-corrected chi connectivity index (χ2v) is 4.63. The van der Waals surface area contributed by atoms with E-state index in [2.05, 4.69) is 22.1 Å². The summed E-state index contributed by atoms with van der Waals surface area (Å²) >= 11 is 0. The summed E-state index contributed by atoms with van der Waals surface area (Å²) in [5, 5.41) is 11.6. The largest absolute Gasteiger partial charge is 0.384 e. The Balaban J connectivity index is 2.17. The van der Waals surface area contributed by atoms with Crippen molar-refractivity contribution in [3.05, 3.63) is 58.9 Å². The maximum atomic E-state index is 12.1. The van der Waals surface area contributed by atoms with Gasteiger partial charge in [-0.2, -0.15) is 0 Å². The molecule has 2 aromatic rings. The number of aromatic nitrogens is 1. The van der Waals surface area contributed by atoms with Crippen LogP contribution in [-0.2, 0) is 0 Å². The minimum absolute atomic E-state index is 0.167. The summed E-state index contributed by atoms with van der Waals surface area (Å²) in [6.45, 7) is 3.59. The zero-order valence-electron chi connectivity index (χ0n) is 12.0. The Morgan fingerprint density at radius 1 is 1.29 bits per heavy atom. The Morgan fingerprint density at radius 2 is 2.10 bits per heavy atom. The van der Waals surface area contributed by atoms with Crippen LogP contribution in [-0.4, -0.2) is 22.6 Å². The van der Waals surface area contributed by atoms with Crippen molar-refractivity contribution in [2.75, 3.05) is 11.9 Å². The molecule has 0 aliphatic carbocycles. The van der Waals surface area contributed by atoms with Crippen molar-refractivity contribution in [3.63, 3.8) is 0 Å². The predicted molar refractivity (Wildman–Crippen MR) is 82.1 cm³/mol. The fraction of sp³-hybridized carbons (Fsp3) is 0.176. The van der Waals surface area contributed by atoms with Crippen LogP contribution in [0.3, 0.4) is 0 Å². The lowest BCUT2D eigenvalue weighted by atomic mass is 10.1. The van der Waals surface area contributed by atoms with Crippen molar-refractivity contribution in [3.8, 4) is 11.8 Å². The van der Waals surface area contributed by atoms with Gasteiger partial charge in [0.15, 0.2) is 0 Å². The molecule has 0 unspecified atom stereocenters. The monoisotopic (exact) mass is 280 g/mol. The molecule has 0 radical (unpaired) electrons. The molecule has 0 fully saturated rings. The highest BCUT2D eigenvalue weighted by molar-refractivity contribution is 6.04. The average molecular weight is 280 g/mol. The minimum Gasteiger partial charge on any atom is -0.384 e. The number of anilines is 1. The second kappa shape index (κ2) is 6.69. The number of rotatable bonds is 2. The molecule has 1 aromatic heterocycles. The van der Waals surface area contributed by atoms with E-state index in [4.69, 9.17) is 5.11 Å². The Kier molecular flexibility index (Phi) is 4.70. The van der Waals surface area contributed by atoms with Crippen molar-refractivity contribution in [1.82, 2.24) is 4.98 Å². The zero-order chi connectivity index (χ0) is 15.2. The second-order valence-electron chi connectivity index (χ2n) is 4.63. The van der Waals surface area contributed by atoms with E-state index in [0.29, 0.717) is 11.3 Å². The molecule has 0 spiro atoms.